The van der Waals surface area contributed by atoms with Gasteiger partial charge in [0.05, 0.1) is 10.9 Å². The maximum Gasteiger partial charge on any atom is 0.264 e. The van der Waals surface area contributed by atoms with E-state index in [0.29, 0.717) is 27.4 Å². The zero-order valence-corrected chi connectivity index (χ0v) is 15.8. The van der Waals surface area contributed by atoms with Crippen LogP contribution in [-0.4, -0.2) is 17.5 Å². The van der Waals surface area contributed by atoms with Crippen molar-refractivity contribution < 1.29 is 13.9 Å². The molecule has 6 nitrogen and oxygen atoms in total. The highest BCUT2D eigenvalue weighted by atomic mass is 32.1. The molecular formula is C21H16N2O4S. The van der Waals surface area contributed by atoms with Crippen LogP contribution in [0.15, 0.2) is 70.2 Å². The third kappa shape index (κ3) is 3.79. The van der Waals surface area contributed by atoms with Gasteiger partial charge in [0.25, 0.3) is 5.91 Å². The van der Waals surface area contributed by atoms with E-state index < -0.39 is 0 Å². The van der Waals surface area contributed by atoms with Gasteiger partial charge in [-0.2, -0.15) is 0 Å². The van der Waals surface area contributed by atoms with E-state index in [1.54, 1.807) is 24.4 Å². The van der Waals surface area contributed by atoms with Gasteiger partial charge in [-0.05, 0) is 24.6 Å². The molecule has 0 atom stereocenters. The van der Waals surface area contributed by atoms with Gasteiger partial charge in [-0.25, -0.2) is 4.98 Å². The summed E-state index contributed by atoms with van der Waals surface area (Å²) in [5.74, 6) is 0.129. The van der Waals surface area contributed by atoms with E-state index in [4.69, 9.17) is 9.15 Å². The van der Waals surface area contributed by atoms with Gasteiger partial charge in [0.2, 0.25) is 0 Å². The Balaban J connectivity index is 1.50. The molecule has 28 heavy (non-hydrogen) atoms. The zero-order valence-electron chi connectivity index (χ0n) is 15.0. The molecule has 0 spiro atoms. The van der Waals surface area contributed by atoms with Gasteiger partial charge in [0.15, 0.2) is 17.2 Å². The maximum atomic E-state index is 12.7. The molecule has 1 N–H and O–H groups in total. The highest BCUT2D eigenvalue weighted by Crippen LogP contribution is 2.23. The van der Waals surface area contributed by atoms with E-state index in [-0.39, 0.29) is 17.9 Å². The number of hydrogen-bond donors (Lipinski definition) is 1. The van der Waals surface area contributed by atoms with E-state index in [9.17, 15) is 9.59 Å². The van der Waals surface area contributed by atoms with Crippen LogP contribution < -0.4 is 15.5 Å². The molecule has 2 heterocycles. The maximum absolute atomic E-state index is 12.7. The number of carbonyl (C=O) groups excluding carboxylic acids is 1. The summed E-state index contributed by atoms with van der Waals surface area (Å²) < 4.78 is 11.1. The fraction of sp³-hybridized carbons (Fsp3) is 0.0952. The van der Waals surface area contributed by atoms with E-state index in [1.165, 1.54) is 17.6 Å². The topological polar surface area (TPSA) is 81.4 Å². The second-order valence-electron chi connectivity index (χ2n) is 6.12. The summed E-state index contributed by atoms with van der Waals surface area (Å²) in [5, 5.41) is 3.66. The summed E-state index contributed by atoms with van der Waals surface area (Å²) in [6.45, 7) is 1.74. The van der Waals surface area contributed by atoms with E-state index >= 15 is 0 Å². The number of rotatable bonds is 5. The van der Waals surface area contributed by atoms with Gasteiger partial charge in [0, 0.05) is 17.1 Å². The molecule has 0 saturated carbocycles. The minimum Gasteiger partial charge on any atom is -0.484 e. The van der Waals surface area contributed by atoms with Crippen molar-refractivity contribution in [3.05, 3.63) is 76.1 Å². The Hall–Kier alpha value is -3.45. The minimum atomic E-state index is -0.310. The SMILES string of the molecule is Cc1cnc(NC(=O)COc2ccc3c(=O)c(-c4ccccc4)coc3c2)s1. The van der Waals surface area contributed by atoms with Gasteiger partial charge in [-0.1, -0.05) is 30.3 Å². The normalized spacial score (nSPS) is 10.8. The summed E-state index contributed by atoms with van der Waals surface area (Å²) in [6.07, 6.45) is 3.14. The molecule has 0 bridgehead atoms. The summed E-state index contributed by atoms with van der Waals surface area (Å²) in [7, 11) is 0. The Morgan fingerprint density at radius 3 is 2.79 bits per heavy atom. The standard InChI is InChI=1S/C21H16N2O4S/c1-13-10-22-21(28-13)23-19(24)12-26-15-7-8-16-18(9-15)27-11-17(20(16)25)14-5-3-2-4-6-14/h2-11H,12H2,1H3,(H,22,23,24). The number of carbonyl (C=O) groups is 1. The van der Waals surface area contributed by atoms with Crippen LogP contribution in [0.5, 0.6) is 5.75 Å². The predicted octanol–water partition coefficient (Wildman–Crippen LogP) is 4.24. The number of amides is 1. The van der Waals surface area contributed by atoms with Crippen LogP contribution in [-0.2, 0) is 4.79 Å². The second-order valence-corrected chi connectivity index (χ2v) is 7.35. The lowest BCUT2D eigenvalue weighted by Gasteiger charge is -2.07. The quantitative estimate of drug-likeness (QED) is 0.549. The number of aromatic nitrogens is 1. The Labute approximate surface area is 164 Å². The molecule has 7 heteroatoms. The number of fused-ring (bicyclic) bond motifs is 1. The van der Waals surface area contributed by atoms with Crippen molar-refractivity contribution in [2.24, 2.45) is 0 Å². The first-order chi connectivity index (χ1) is 13.6. The van der Waals surface area contributed by atoms with Crippen LogP contribution in [0.2, 0.25) is 0 Å². The molecule has 0 aliphatic rings. The number of aryl methyl sites for hydroxylation is 1. The molecule has 0 unspecified atom stereocenters. The number of anilines is 1. The van der Waals surface area contributed by atoms with E-state index in [0.717, 1.165) is 10.4 Å². The van der Waals surface area contributed by atoms with E-state index in [2.05, 4.69) is 10.3 Å². The molecule has 0 fully saturated rings. The Bertz CT molecular complexity index is 1200. The van der Waals surface area contributed by atoms with Gasteiger partial charge in [0.1, 0.15) is 17.6 Å². The number of thiazole rings is 1. The van der Waals surface area contributed by atoms with Crippen LogP contribution in [0.4, 0.5) is 5.13 Å². The third-order valence-corrected chi connectivity index (χ3v) is 4.90. The second kappa shape index (κ2) is 7.66. The lowest BCUT2D eigenvalue weighted by atomic mass is 10.1. The van der Waals surface area contributed by atoms with Gasteiger partial charge >= 0.3 is 0 Å². The number of benzene rings is 2. The molecule has 1 amide bonds. The van der Waals surface area contributed by atoms with Gasteiger partial charge in [-0.3, -0.25) is 14.9 Å². The van der Waals surface area contributed by atoms with Crippen LogP contribution in [0.3, 0.4) is 0 Å². The number of hydrogen-bond acceptors (Lipinski definition) is 6. The highest BCUT2D eigenvalue weighted by Gasteiger charge is 2.11. The fourth-order valence-corrected chi connectivity index (χ4v) is 3.41. The average Bonchev–Trinajstić information content (AvgIpc) is 3.12. The number of nitrogens with one attached hydrogen (secondary N) is 1. The average molecular weight is 392 g/mol. The van der Waals surface area contributed by atoms with Crippen LogP contribution in [0.25, 0.3) is 22.1 Å². The molecule has 0 saturated heterocycles. The molecule has 0 aliphatic carbocycles. The summed E-state index contributed by atoms with van der Waals surface area (Å²) in [6, 6.07) is 14.2. The van der Waals surface area contributed by atoms with Gasteiger partial charge < -0.3 is 9.15 Å². The third-order valence-electron chi connectivity index (χ3n) is 4.07. The first-order valence-corrected chi connectivity index (χ1v) is 9.38. The predicted molar refractivity (Wildman–Crippen MR) is 109 cm³/mol. The van der Waals surface area contributed by atoms with Crippen LogP contribution >= 0.6 is 11.3 Å². The van der Waals surface area contributed by atoms with Crippen molar-refractivity contribution in [1.29, 1.82) is 0 Å². The summed E-state index contributed by atoms with van der Waals surface area (Å²) in [4.78, 5) is 29.8. The van der Waals surface area contributed by atoms with Crippen LogP contribution in [0.1, 0.15) is 4.88 Å². The molecule has 2 aromatic heterocycles. The molecular weight excluding hydrogens is 376 g/mol. The Kier molecular flexibility index (Phi) is 4.90. The highest BCUT2D eigenvalue weighted by molar-refractivity contribution is 7.15. The largest absolute Gasteiger partial charge is 0.484 e. The number of ether oxygens (including phenoxy) is 1. The van der Waals surface area contributed by atoms with E-state index in [1.807, 2.05) is 37.3 Å². The Morgan fingerprint density at radius 2 is 2.04 bits per heavy atom. The molecule has 0 radical (unpaired) electrons. The molecule has 2 aromatic carbocycles. The number of nitrogens with zero attached hydrogens (tertiary/aromatic N) is 1. The molecule has 4 aromatic rings. The first-order valence-electron chi connectivity index (χ1n) is 8.56. The van der Waals surface area contributed by atoms with Crippen molar-refractivity contribution >= 4 is 33.3 Å². The fourth-order valence-electron chi connectivity index (χ4n) is 2.73. The van der Waals surface area contributed by atoms with Crippen molar-refractivity contribution in [2.45, 2.75) is 6.92 Å². The van der Waals surface area contributed by atoms with Crippen molar-refractivity contribution in [3.8, 4) is 16.9 Å². The monoisotopic (exact) mass is 392 g/mol. The van der Waals surface area contributed by atoms with Gasteiger partial charge in [-0.15, -0.1) is 11.3 Å². The summed E-state index contributed by atoms with van der Waals surface area (Å²) in [5.41, 5.74) is 1.58. The first kappa shape index (κ1) is 17.9. The lowest BCUT2D eigenvalue weighted by Crippen LogP contribution is -2.20. The Morgan fingerprint density at radius 1 is 1.21 bits per heavy atom. The minimum absolute atomic E-state index is 0.115. The van der Waals surface area contributed by atoms with Crippen LogP contribution in [0, 0.1) is 6.92 Å². The molecule has 0 aliphatic heterocycles. The van der Waals surface area contributed by atoms with Crippen molar-refractivity contribution in [1.82, 2.24) is 4.98 Å². The lowest BCUT2D eigenvalue weighted by molar-refractivity contribution is -0.118. The smallest absolute Gasteiger partial charge is 0.264 e. The molecule has 140 valence electrons. The van der Waals surface area contributed by atoms with Crippen molar-refractivity contribution in [3.63, 3.8) is 0 Å². The zero-order chi connectivity index (χ0) is 19.5. The molecule has 4 rings (SSSR count). The summed E-state index contributed by atoms with van der Waals surface area (Å²) >= 11 is 1.39. The van der Waals surface area contributed by atoms with Crippen molar-refractivity contribution in [2.75, 3.05) is 11.9 Å².